The number of hydrogen-bond donors (Lipinski definition) is 3. The summed E-state index contributed by atoms with van der Waals surface area (Å²) in [4.78, 5) is 23.9. The smallest absolute Gasteiger partial charge is 0.329 e. The van der Waals surface area contributed by atoms with Crippen LogP contribution < -0.4 is 5.32 Å². The van der Waals surface area contributed by atoms with Crippen molar-refractivity contribution in [2.75, 3.05) is 7.11 Å². The molecular weight excluding hydrogens is 410 g/mol. The molecule has 0 saturated heterocycles. The number of methoxy groups -OCH3 is 1. The summed E-state index contributed by atoms with van der Waals surface area (Å²) in [7, 11) is 1.28. The van der Waals surface area contributed by atoms with Gasteiger partial charge in [-0.3, -0.25) is 4.79 Å². The van der Waals surface area contributed by atoms with Gasteiger partial charge in [0, 0.05) is 6.92 Å². The molecule has 0 aliphatic heterocycles. The van der Waals surface area contributed by atoms with E-state index in [1.165, 1.54) is 19.6 Å². The summed E-state index contributed by atoms with van der Waals surface area (Å²) >= 11 is 4.65. The van der Waals surface area contributed by atoms with Gasteiger partial charge in [-0.25, -0.2) is 4.79 Å². The molecule has 1 amide bonds. The van der Waals surface area contributed by atoms with Crippen molar-refractivity contribution in [3.05, 3.63) is 65.8 Å². The average Bonchev–Trinajstić information content (AvgIpc) is 2.71. The van der Waals surface area contributed by atoms with Crippen molar-refractivity contribution in [2.45, 2.75) is 63.9 Å². The normalized spacial score (nSPS) is 15.6. The van der Waals surface area contributed by atoms with Gasteiger partial charge in [0.25, 0.3) is 0 Å². The van der Waals surface area contributed by atoms with E-state index in [0.29, 0.717) is 12.8 Å². The molecule has 2 N–H and O–H groups in total. The number of allylic oxidation sites excluding steroid dienone is 4. The van der Waals surface area contributed by atoms with Gasteiger partial charge in [0.15, 0.2) is 0 Å². The molecule has 6 heteroatoms. The van der Waals surface area contributed by atoms with Crippen molar-refractivity contribution in [2.24, 2.45) is 0 Å². The molecule has 0 radical (unpaired) electrons. The van der Waals surface area contributed by atoms with Crippen LogP contribution in [0.4, 0.5) is 0 Å². The predicted molar refractivity (Wildman–Crippen MR) is 130 cm³/mol. The van der Waals surface area contributed by atoms with Crippen molar-refractivity contribution in [1.82, 2.24) is 5.32 Å². The van der Waals surface area contributed by atoms with Gasteiger partial charge < -0.3 is 15.2 Å². The molecule has 0 aromatic heterocycles. The largest absolute Gasteiger partial charge is 0.467 e. The second-order valence-electron chi connectivity index (χ2n) is 8.08. The van der Waals surface area contributed by atoms with Crippen molar-refractivity contribution >= 4 is 30.1 Å². The highest BCUT2D eigenvalue weighted by Crippen LogP contribution is 2.26. The number of thiol groups is 1. The van der Waals surface area contributed by atoms with Crippen LogP contribution in [0.2, 0.25) is 0 Å². The Bertz CT molecular complexity index is 808. The first-order chi connectivity index (χ1) is 14.6. The van der Waals surface area contributed by atoms with Crippen LogP contribution in [0.1, 0.15) is 52.5 Å². The maximum atomic E-state index is 12.3. The zero-order chi connectivity index (χ0) is 23.4. The molecule has 170 valence electrons. The molecular formula is C25H35NO4S. The third-order valence-electron chi connectivity index (χ3n) is 4.76. The van der Waals surface area contributed by atoms with E-state index in [9.17, 15) is 14.7 Å². The average molecular weight is 446 g/mol. The van der Waals surface area contributed by atoms with Gasteiger partial charge in [-0.2, -0.15) is 12.6 Å². The fourth-order valence-electron chi connectivity index (χ4n) is 3.06. The van der Waals surface area contributed by atoms with E-state index >= 15 is 0 Å². The fourth-order valence-corrected chi connectivity index (χ4v) is 3.49. The van der Waals surface area contributed by atoms with Crippen LogP contribution in [0.15, 0.2) is 60.2 Å². The van der Waals surface area contributed by atoms with E-state index < -0.39 is 22.9 Å². The molecule has 3 atom stereocenters. The minimum Gasteiger partial charge on any atom is -0.467 e. The Kier molecular flexibility index (Phi) is 11.4. The maximum Gasteiger partial charge on any atom is 0.329 e. The summed E-state index contributed by atoms with van der Waals surface area (Å²) in [5, 5.41) is 12.6. The van der Waals surface area contributed by atoms with Crippen LogP contribution in [0.5, 0.6) is 0 Å². The van der Waals surface area contributed by atoms with E-state index in [2.05, 4.69) is 24.0 Å². The Hall–Kier alpha value is -2.31. The van der Waals surface area contributed by atoms with Gasteiger partial charge in [-0.05, 0) is 51.2 Å². The fraction of sp³-hybridized carbons (Fsp3) is 0.440. The molecule has 0 spiro atoms. The Morgan fingerprint density at radius 2 is 1.87 bits per heavy atom. The molecule has 0 aliphatic rings. The highest BCUT2D eigenvalue weighted by molar-refractivity contribution is 7.81. The van der Waals surface area contributed by atoms with Crippen LogP contribution in [-0.2, 0) is 14.3 Å². The Morgan fingerprint density at radius 3 is 2.42 bits per heavy atom. The molecule has 31 heavy (non-hydrogen) atoms. The van der Waals surface area contributed by atoms with Gasteiger partial charge in [-0.1, -0.05) is 60.2 Å². The number of hydrogen-bond acceptors (Lipinski definition) is 5. The molecule has 1 aromatic carbocycles. The van der Waals surface area contributed by atoms with Crippen LogP contribution >= 0.6 is 12.6 Å². The third-order valence-corrected chi connectivity index (χ3v) is 5.34. The quantitative estimate of drug-likeness (QED) is 0.203. The summed E-state index contributed by atoms with van der Waals surface area (Å²) < 4.78 is 4.86. The number of amides is 1. The van der Waals surface area contributed by atoms with Crippen LogP contribution in [-0.4, -0.2) is 41.0 Å². The van der Waals surface area contributed by atoms with Crippen molar-refractivity contribution < 1.29 is 19.4 Å². The predicted octanol–water partition coefficient (Wildman–Crippen LogP) is 4.49. The summed E-state index contributed by atoms with van der Waals surface area (Å²) in [6.45, 7) is 7.25. The topological polar surface area (TPSA) is 75.6 Å². The molecule has 5 nitrogen and oxygen atoms in total. The van der Waals surface area contributed by atoms with Crippen molar-refractivity contribution in [1.29, 1.82) is 0 Å². The van der Waals surface area contributed by atoms with Crippen molar-refractivity contribution in [3.8, 4) is 0 Å². The lowest BCUT2D eigenvalue weighted by atomic mass is 9.94. The highest BCUT2D eigenvalue weighted by Gasteiger charge is 2.30. The Morgan fingerprint density at radius 1 is 1.23 bits per heavy atom. The summed E-state index contributed by atoms with van der Waals surface area (Å²) in [5.41, 5.74) is 2.06. The standard InChI is InChI=1S/C25H35NO4S/c1-18(2)12-11-17-25(4,29)16-10-9-15-21(20-13-7-6-8-14-20)23(31)22(24(28)30-5)26-19(3)27/h6-10,12-15,22-23,29,31H,11,16-17H2,1-5H3,(H,26,27)/t22-,23-,25+/m0/s1. The van der Waals surface area contributed by atoms with Gasteiger partial charge in [0.05, 0.1) is 18.0 Å². The molecule has 0 bridgehead atoms. The number of aliphatic hydroxyl groups is 1. The van der Waals surface area contributed by atoms with E-state index in [1.54, 1.807) is 0 Å². The van der Waals surface area contributed by atoms with Crippen molar-refractivity contribution in [3.63, 3.8) is 0 Å². The third kappa shape index (κ3) is 10.0. The minimum absolute atomic E-state index is 0.343. The monoisotopic (exact) mass is 445 g/mol. The molecule has 0 saturated carbocycles. The summed E-state index contributed by atoms with van der Waals surface area (Å²) in [5.74, 6) is -0.909. The molecule has 0 heterocycles. The first-order valence-corrected chi connectivity index (χ1v) is 10.9. The van der Waals surface area contributed by atoms with Gasteiger partial charge in [-0.15, -0.1) is 0 Å². The zero-order valence-corrected chi connectivity index (χ0v) is 20.0. The van der Waals surface area contributed by atoms with Gasteiger partial charge in [0.1, 0.15) is 6.04 Å². The lowest BCUT2D eigenvalue weighted by Gasteiger charge is -2.24. The van der Waals surface area contributed by atoms with Crippen LogP contribution in [0.3, 0.4) is 0 Å². The number of rotatable bonds is 11. The second-order valence-corrected chi connectivity index (χ2v) is 8.64. The maximum absolute atomic E-state index is 12.3. The van der Waals surface area contributed by atoms with E-state index in [1.807, 2.05) is 69.3 Å². The van der Waals surface area contributed by atoms with Gasteiger partial charge >= 0.3 is 5.97 Å². The molecule has 1 aromatic rings. The Balaban J connectivity index is 3.09. The lowest BCUT2D eigenvalue weighted by Crippen LogP contribution is -2.47. The SMILES string of the molecule is COC(=O)[C@@H](NC(C)=O)[C@@H](S)C(=CC=CC[C@@](C)(O)CCC=C(C)C)c1ccccc1. The van der Waals surface area contributed by atoms with Gasteiger partial charge in [0.2, 0.25) is 5.91 Å². The van der Waals surface area contributed by atoms with E-state index in [0.717, 1.165) is 17.6 Å². The summed E-state index contributed by atoms with van der Waals surface area (Å²) in [6, 6.07) is 8.60. The number of carbonyl (C=O) groups is 2. The number of ether oxygens (including phenoxy) is 1. The highest BCUT2D eigenvalue weighted by atomic mass is 32.1. The number of nitrogens with one attached hydrogen (secondary N) is 1. The molecule has 0 fully saturated rings. The minimum atomic E-state index is -0.933. The van der Waals surface area contributed by atoms with Crippen LogP contribution in [0, 0.1) is 0 Å². The first-order valence-electron chi connectivity index (χ1n) is 10.4. The van der Waals surface area contributed by atoms with E-state index in [-0.39, 0.29) is 5.91 Å². The second kappa shape index (κ2) is 13.2. The first kappa shape index (κ1) is 26.7. The summed E-state index contributed by atoms with van der Waals surface area (Å²) in [6.07, 6.45) is 9.71. The number of esters is 1. The molecule has 1 rings (SSSR count). The molecule has 0 aliphatic carbocycles. The molecule has 0 unspecified atom stereocenters. The Labute approximate surface area is 191 Å². The number of carbonyl (C=O) groups excluding carboxylic acids is 2. The van der Waals surface area contributed by atoms with Crippen LogP contribution in [0.25, 0.3) is 5.57 Å². The zero-order valence-electron chi connectivity index (χ0n) is 19.1. The lowest BCUT2D eigenvalue weighted by molar-refractivity contribution is -0.144. The number of benzene rings is 1. The van der Waals surface area contributed by atoms with E-state index in [4.69, 9.17) is 4.74 Å².